The molecule has 0 spiro atoms. The Hall–Kier alpha value is -0.870. The van der Waals surface area contributed by atoms with Gasteiger partial charge >= 0.3 is 0 Å². The van der Waals surface area contributed by atoms with Crippen LogP contribution in [0.5, 0.6) is 0 Å². The molecule has 1 saturated heterocycles. The monoisotopic (exact) mass is 284 g/mol. The van der Waals surface area contributed by atoms with Gasteiger partial charge in [-0.25, -0.2) is 0 Å². The summed E-state index contributed by atoms with van der Waals surface area (Å²) in [6.45, 7) is 5.76. The van der Waals surface area contributed by atoms with Crippen molar-refractivity contribution < 1.29 is 4.79 Å². The fourth-order valence-electron chi connectivity index (χ4n) is 2.11. The summed E-state index contributed by atoms with van der Waals surface area (Å²) in [6, 6.07) is 5.17. The van der Waals surface area contributed by atoms with Gasteiger partial charge in [-0.05, 0) is 26.0 Å². The number of thioether (sulfide) groups is 1. The van der Waals surface area contributed by atoms with Crippen molar-refractivity contribution in [2.24, 2.45) is 0 Å². The van der Waals surface area contributed by atoms with Crippen LogP contribution in [0.25, 0.3) is 0 Å². The van der Waals surface area contributed by atoms with Crippen molar-refractivity contribution >= 4 is 35.0 Å². The summed E-state index contributed by atoms with van der Waals surface area (Å²) >= 11 is 7.97. The number of nitrogens with two attached hydrogens (primary N) is 1. The third-order valence-electron chi connectivity index (χ3n) is 2.97. The van der Waals surface area contributed by atoms with Crippen LogP contribution < -0.4 is 5.73 Å². The molecule has 1 aliphatic heterocycles. The molecule has 2 N–H and O–H groups in total. The van der Waals surface area contributed by atoms with Crippen molar-refractivity contribution in [1.29, 1.82) is 0 Å². The Balaban J connectivity index is 2.26. The first-order chi connectivity index (χ1) is 8.41. The van der Waals surface area contributed by atoms with Crippen molar-refractivity contribution in [2.75, 3.05) is 24.6 Å². The number of carbonyl (C=O) groups is 1. The van der Waals surface area contributed by atoms with Crippen LogP contribution in [0.2, 0.25) is 5.02 Å². The first-order valence-electron chi connectivity index (χ1n) is 5.88. The number of carbonyl (C=O) groups excluding carboxylic acids is 1. The minimum Gasteiger partial charge on any atom is -0.398 e. The van der Waals surface area contributed by atoms with Gasteiger partial charge in [-0.15, -0.1) is 0 Å². The van der Waals surface area contributed by atoms with E-state index >= 15 is 0 Å². The number of benzene rings is 1. The molecular formula is C13H17ClN2OS. The third-order valence-corrected chi connectivity index (χ3v) is 4.58. The van der Waals surface area contributed by atoms with E-state index in [4.69, 9.17) is 17.3 Å². The summed E-state index contributed by atoms with van der Waals surface area (Å²) in [5.41, 5.74) is 6.74. The molecule has 5 heteroatoms. The highest BCUT2D eigenvalue weighted by Gasteiger charge is 2.31. The molecule has 1 aromatic carbocycles. The number of anilines is 1. The summed E-state index contributed by atoms with van der Waals surface area (Å²) in [5, 5.41) is 0.427. The van der Waals surface area contributed by atoms with Crippen LogP contribution in [0.4, 0.5) is 5.69 Å². The first-order valence-corrected chi connectivity index (χ1v) is 7.24. The van der Waals surface area contributed by atoms with Gasteiger partial charge in [0.1, 0.15) is 0 Å². The Labute approximate surface area is 117 Å². The van der Waals surface area contributed by atoms with Crippen LogP contribution in [0.15, 0.2) is 18.2 Å². The van der Waals surface area contributed by atoms with E-state index in [9.17, 15) is 4.79 Å². The molecule has 0 atom stereocenters. The summed E-state index contributed by atoms with van der Waals surface area (Å²) in [5.74, 6) is 0.884. The first kappa shape index (κ1) is 13.6. The molecule has 0 saturated carbocycles. The maximum Gasteiger partial charge on any atom is 0.257 e. The smallest absolute Gasteiger partial charge is 0.257 e. The zero-order valence-electron chi connectivity index (χ0n) is 10.6. The van der Waals surface area contributed by atoms with Crippen LogP contribution in [-0.4, -0.2) is 34.4 Å². The van der Waals surface area contributed by atoms with E-state index in [1.165, 1.54) is 0 Å². The molecule has 1 fully saturated rings. The standard InChI is InChI=1S/C13H17ClN2OS/c1-13(2)8-16(6-7-18-13)12(17)11-9(14)4-3-5-10(11)15/h3-5H,6-8,15H2,1-2H3. The van der Waals surface area contributed by atoms with Gasteiger partial charge in [0, 0.05) is 29.3 Å². The molecule has 0 aromatic heterocycles. The van der Waals surface area contributed by atoms with E-state index in [-0.39, 0.29) is 10.7 Å². The van der Waals surface area contributed by atoms with E-state index in [0.717, 1.165) is 18.8 Å². The largest absolute Gasteiger partial charge is 0.398 e. The van der Waals surface area contributed by atoms with Crippen molar-refractivity contribution in [1.82, 2.24) is 4.90 Å². The van der Waals surface area contributed by atoms with Crippen molar-refractivity contribution in [3.63, 3.8) is 0 Å². The summed E-state index contributed by atoms with van der Waals surface area (Å²) in [6.07, 6.45) is 0. The van der Waals surface area contributed by atoms with E-state index in [1.807, 2.05) is 16.7 Å². The number of nitrogens with zero attached hydrogens (tertiary/aromatic N) is 1. The quantitative estimate of drug-likeness (QED) is 0.807. The van der Waals surface area contributed by atoms with Gasteiger partial charge in [0.05, 0.1) is 10.6 Å². The molecule has 0 bridgehead atoms. The molecule has 1 aromatic rings. The predicted molar refractivity (Wildman–Crippen MR) is 78.3 cm³/mol. The number of amides is 1. The molecule has 1 aliphatic rings. The summed E-state index contributed by atoms with van der Waals surface area (Å²) < 4.78 is 0.0872. The van der Waals surface area contributed by atoms with E-state index in [1.54, 1.807) is 18.2 Å². The summed E-state index contributed by atoms with van der Waals surface area (Å²) in [4.78, 5) is 14.3. The number of nitrogen functional groups attached to an aromatic ring is 1. The summed E-state index contributed by atoms with van der Waals surface area (Å²) in [7, 11) is 0. The molecule has 98 valence electrons. The highest BCUT2D eigenvalue weighted by atomic mass is 35.5. The Bertz CT molecular complexity index is 456. The molecule has 1 heterocycles. The van der Waals surface area contributed by atoms with E-state index < -0.39 is 0 Å². The fourth-order valence-corrected chi connectivity index (χ4v) is 3.49. The zero-order valence-corrected chi connectivity index (χ0v) is 12.1. The molecule has 2 rings (SSSR count). The Morgan fingerprint density at radius 3 is 2.83 bits per heavy atom. The van der Waals surface area contributed by atoms with Crippen molar-refractivity contribution in [3.8, 4) is 0 Å². The van der Waals surface area contributed by atoms with Gasteiger partial charge in [-0.3, -0.25) is 4.79 Å². The van der Waals surface area contributed by atoms with Gasteiger partial charge < -0.3 is 10.6 Å². The van der Waals surface area contributed by atoms with Crippen LogP contribution >= 0.6 is 23.4 Å². The Kier molecular flexibility index (Phi) is 3.78. The number of rotatable bonds is 1. The van der Waals surface area contributed by atoms with Gasteiger partial charge in [-0.1, -0.05) is 17.7 Å². The van der Waals surface area contributed by atoms with Gasteiger partial charge in [0.15, 0.2) is 0 Å². The minimum absolute atomic E-state index is 0.0634. The van der Waals surface area contributed by atoms with Crippen molar-refractivity contribution in [2.45, 2.75) is 18.6 Å². The maximum absolute atomic E-state index is 12.5. The highest BCUT2D eigenvalue weighted by Crippen LogP contribution is 2.32. The van der Waals surface area contributed by atoms with E-state index in [0.29, 0.717) is 16.3 Å². The average molecular weight is 285 g/mol. The van der Waals surface area contributed by atoms with Crippen LogP contribution in [0, 0.1) is 0 Å². The van der Waals surface area contributed by atoms with Crippen LogP contribution in [-0.2, 0) is 0 Å². The van der Waals surface area contributed by atoms with Gasteiger partial charge in [0.25, 0.3) is 5.91 Å². The Morgan fingerprint density at radius 1 is 1.50 bits per heavy atom. The number of hydrogen-bond acceptors (Lipinski definition) is 3. The second kappa shape index (κ2) is 5.02. The minimum atomic E-state index is -0.0634. The van der Waals surface area contributed by atoms with Crippen LogP contribution in [0.3, 0.4) is 0 Å². The fraction of sp³-hybridized carbons (Fsp3) is 0.462. The van der Waals surface area contributed by atoms with Gasteiger partial charge in [0.2, 0.25) is 0 Å². The number of hydrogen-bond donors (Lipinski definition) is 1. The molecule has 0 aliphatic carbocycles. The topological polar surface area (TPSA) is 46.3 Å². The van der Waals surface area contributed by atoms with Gasteiger partial charge in [-0.2, -0.15) is 11.8 Å². The molecule has 0 radical (unpaired) electrons. The molecule has 18 heavy (non-hydrogen) atoms. The van der Waals surface area contributed by atoms with E-state index in [2.05, 4.69) is 13.8 Å². The molecule has 3 nitrogen and oxygen atoms in total. The Morgan fingerprint density at radius 2 is 2.22 bits per heavy atom. The SMILES string of the molecule is CC1(C)CN(C(=O)c2c(N)cccc2Cl)CCS1. The lowest BCUT2D eigenvalue weighted by Crippen LogP contribution is -2.46. The third kappa shape index (κ3) is 2.75. The zero-order chi connectivity index (χ0) is 13.3. The average Bonchev–Trinajstić information content (AvgIpc) is 2.27. The molecular weight excluding hydrogens is 268 g/mol. The second-order valence-corrected chi connectivity index (χ2v) is 7.25. The molecule has 1 amide bonds. The molecule has 0 unspecified atom stereocenters. The van der Waals surface area contributed by atoms with Crippen molar-refractivity contribution in [3.05, 3.63) is 28.8 Å². The normalized spacial score (nSPS) is 18.7. The lowest BCUT2D eigenvalue weighted by molar-refractivity contribution is 0.0749. The second-order valence-electron chi connectivity index (χ2n) is 5.04. The maximum atomic E-state index is 12.5. The lowest BCUT2D eigenvalue weighted by atomic mass is 10.1. The number of halogens is 1. The van der Waals surface area contributed by atoms with Crippen LogP contribution in [0.1, 0.15) is 24.2 Å². The highest BCUT2D eigenvalue weighted by molar-refractivity contribution is 8.00. The lowest BCUT2D eigenvalue weighted by Gasteiger charge is -2.37. The predicted octanol–water partition coefficient (Wildman–Crippen LogP) is 2.89.